The van der Waals surface area contributed by atoms with E-state index in [1.54, 1.807) is 6.08 Å². The van der Waals surface area contributed by atoms with Crippen LogP contribution in [0.25, 0.3) is 6.08 Å². The minimum atomic E-state index is -4.39. The van der Waals surface area contributed by atoms with E-state index in [1.165, 1.54) is 18.2 Å². The van der Waals surface area contributed by atoms with E-state index in [9.17, 15) is 18.0 Å². The molecule has 0 aromatic heterocycles. The Hall–Kier alpha value is -2.76. The topological polar surface area (TPSA) is 38.3 Å². The highest BCUT2D eigenvalue weighted by molar-refractivity contribution is 6.01. The average molecular weight is 349 g/mol. The molecule has 0 heterocycles. The number of carbonyl (C=O) groups excluding carboxylic acids is 1. The van der Waals surface area contributed by atoms with Crippen molar-refractivity contribution < 1.29 is 22.7 Å². The molecule has 2 aromatic rings. The van der Waals surface area contributed by atoms with Crippen molar-refractivity contribution in [1.29, 1.82) is 0 Å². The lowest BCUT2D eigenvalue weighted by molar-refractivity contribution is -0.137. The quantitative estimate of drug-likeness (QED) is 0.733. The Bertz CT molecular complexity index is 720. The first-order chi connectivity index (χ1) is 11.9. The normalized spacial score (nSPS) is 11.5. The molecule has 0 spiro atoms. The zero-order valence-corrected chi connectivity index (χ0v) is 13.6. The van der Waals surface area contributed by atoms with Gasteiger partial charge in [0.1, 0.15) is 5.75 Å². The van der Waals surface area contributed by atoms with Crippen molar-refractivity contribution in [2.75, 3.05) is 11.9 Å². The van der Waals surface area contributed by atoms with E-state index in [4.69, 9.17) is 4.74 Å². The van der Waals surface area contributed by atoms with Crippen molar-refractivity contribution >= 4 is 17.7 Å². The van der Waals surface area contributed by atoms with E-state index in [0.717, 1.165) is 29.9 Å². The summed E-state index contributed by atoms with van der Waals surface area (Å²) in [6, 6.07) is 11.5. The van der Waals surface area contributed by atoms with Crippen molar-refractivity contribution in [1.82, 2.24) is 0 Å². The molecule has 0 unspecified atom stereocenters. The Morgan fingerprint density at radius 1 is 1.08 bits per heavy atom. The molecule has 0 saturated heterocycles. The molecule has 0 saturated carbocycles. The highest BCUT2D eigenvalue weighted by Gasteiger charge is 2.29. The number of carbonyl (C=O) groups is 1. The molecule has 0 radical (unpaired) electrons. The fourth-order valence-electron chi connectivity index (χ4n) is 1.99. The summed E-state index contributed by atoms with van der Waals surface area (Å²) >= 11 is 0. The SMILES string of the molecule is CCCOc1ccc(/C=C/C(=O)Nc2ccc(C(F)(F)F)cc2)cc1. The van der Waals surface area contributed by atoms with Crippen LogP contribution in [-0.4, -0.2) is 12.5 Å². The van der Waals surface area contributed by atoms with E-state index >= 15 is 0 Å². The van der Waals surface area contributed by atoms with Crippen molar-refractivity contribution in [3.05, 3.63) is 65.7 Å². The molecule has 0 aliphatic rings. The highest BCUT2D eigenvalue weighted by Crippen LogP contribution is 2.29. The number of amides is 1. The van der Waals surface area contributed by atoms with Gasteiger partial charge in [0.15, 0.2) is 0 Å². The molecule has 1 N–H and O–H groups in total. The molecule has 0 aliphatic heterocycles. The molecule has 0 atom stereocenters. The van der Waals surface area contributed by atoms with Gasteiger partial charge in [-0.2, -0.15) is 13.2 Å². The first kappa shape index (κ1) is 18.6. The van der Waals surface area contributed by atoms with Gasteiger partial charge in [-0.1, -0.05) is 19.1 Å². The molecular formula is C19H18F3NO2. The number of nitrogens with one attached hydrogen (secondary N) is 1. The second kappa shape index (κ2) is 8.37. The van der Waals surface area contributed by atoms with Crippen molar-refractivity contribution in [3.63, 3.8) is 0 Å². The Morgan fingerprint density at radius 3 is 2.28 bits per heavy atom. The summed E-state index contributed by atoms with van der Waals surface area (Å²) in [6.07, 6.45) is -0.538. The second-order valence-corrected chi connectivity index (χ2v) is 5.32. The molecule has 2 aromatic carbocycles. The maximum atomic E-state index is 12.5. The third-order valence-electron chi connectivity index (χ3n) is 3.26. The fraction of sp³-hybridized carbons (Fsp3) is 0.211. The van der Waals surface area contributed by atoms with E-state index in [0.29, 0.717) is 12.3 Å². The van der Waals surface area contributed by atoms with Crippen LogP contribution in [0.2, 0.25) is 0 Å². The molecular weight excluding hydrogens is 331 g/mol. The molecule has 6 heteroatoms. The first-order valence-corrected chi connectivity index (χ1v) is 7.77. The van der Waals surface area contributed by atoms with Crippen LogP contribution >= 0.6 is 0 Å². The highest BCUT2D eigenvalue weighted by atomic mass is 19.4. The lowest BCUT2D eigenvalue weighted by atomic mass is 10.2. The molecule has 0 fully saturated rings. The van der Waals surface area contributed by atoms with Crippen LogP contribution in [-0.2, 0) is 11.0 Å². The van der Waals surface area contributed by atoms with Gasteiger partial charge in [-0.25, -0.2) is 0 Å². The van der Waals surface area contributed by atoms with Crippen LogP contribution in [0.15, 0.2) is 54.6 Å². The van der Waals surface area contributed by atoms with Gasteiger partial charge >= 0.3 is 6.18 Å². The van der Waals surface area contributed by atoms with E-state index in [2.05, 4.69) is 5.32 Å². The second-order valence-electron chi connectivity index (χ2n) is 5.32. The van der Waals surface area contributed by atoms with Crippen molar-refractivity contribution in [2.24, 2.45) is 0 Å². The molecule has 2 rings (SSSR count). The lowest BCUT2D eigenvalue weighted by Gasteiger charge is -2.07. The number of rotatable bonds is 6. The predicted molar refractivity (Wildman–Crippen MR) is 91.3 cm³/mol. The first-order valence-electron chi connectivity index (χ1n) is 7.77. The van der Waals surface area contributed by atoms with Crippen LogP contribution in [0.4, 0.5) is 18.9 Å². The predicted octanol–water partition coefficient (Wildman–Crippen LogP) is 5.15. The largest absolute Gasteiger partial charge is 0.494 e. The summed E-state index contributed by atoms with van der Waals surface area (Å²) in [7, 11) is 0. The van der Waals surface area contributed by atoms with Crippen molar-refractivity contribution in [2.45, 2.75) is 19.5 Å². The zero-order valence-electron chi connectivity index (χ0n) is 13.6. The minimum Gasteiger partial charge on any atom is -0.494 e. The van der Waals surface area contributed by atoms with Crippen LogP contribution in [0.5, 0.6) is 5.75 Å². The third-order valence-corrected chi connectivity index (χ3v) is 3.26. The smallest absolute Gasteiger partial charge is 0.416 e. The monoisotopic (exact) mass is 349 g/mol. The fourth-order valence-corrected chi connectivity index (χ4v) is 1.99. The molecule has 3 nitrogen and oxygen atoms in total. The number of hydrogen-bond acceptors (Lipinski definition) is 2. The van der Waals surface area contributed by atoms with Gasteiger partial charge in [-0.15, -0.1) is 0 Å². The number of alkyl halides is 3. The van der Waals surface area contributed by atoms with E-state index in [1.807, 2.05) is 31.2 Å². The average Bonchev–Trinajstić information content (AvgIpc) is 2.59. The summed E-state index contributed by atoms with van der Waals surface area (Å²) in [5, 5.41) is 2.51. The molecule has 0 aliphatic carbocycles. The summed E-state index contributed by atoms with van der Waals surface area (Å²) < 4.78 is 42.9. The summed E-state index contributed by atoms with van der Waals surface area (Å²) in [5.74, 6) is 0.333. The molecule has 1 amide bonds. The van der Waals surface area contributed by atoms with Crippen LogP contribution < -0.4 is 10.1 Å². The van der Waals surface area contributed by atoms with Gasteiger partial charge in [0, 0.05) is 11.8 Å². The minimum absolute atomic E-state index is 0.297. The molecule has 132 valence electrons. The third kappa shape index (κ3) is 5.99. The standard InChI is InChI=1S/C19H18F3NO2/c1-2-13-25-17-10-3-14(4-11-17)5-12-18(24)23-16-8-6-15(7-9-16)19(20,21)22/h3-12H,2,13H2,1H3,(H,23,24)/b12-5+. The van der Waals surface area contributed by atoms with Crippen LogP contribution in [0.3, 0.4) is 0 Å². The number of ether oxygens (including phenoxy) is 1. The maximum Gasteiger partial charge on any atom is 0.416 e. The van der Waals surface area contributed by atoms with E-state index in [-0.39, 0.29) is 0 Å². The van der Waals surface area contributed by atoms with Crippen LogP contribution in [0.1, 0.15) is 24.5 Å². The Balaban J connectivity index is 1.92. The Kier molecular flexibility index (Phi) is 6.22. The summed E-state index contributed by atoms with van der Waals surface area (Å²) in [5.41, 5.74) is 0.351. The van der Waals surface area contributed by atoms with Gasteiger partial charge < -0.3 is 10.1 Å². The number of hydrogen-bond donors (Lipinski definition) is 1. The molecule has 25 heavy (non-hydrogen) atoms. The van der Waals surface area contributed by atoms with Gasteiger partial charge in [0.05, 0.1) is 12.2 Å². The van der Waals surface area contributed by atoms with Crippen molar-refractivity contribution in [3.8, 4) is 5.75 Å². The molecule has 0 bridgehead atoms. The maximum absolute atomic E-state index is 12.5. The van der Waals surface area contributed by atoms with Gasteiger partial charge in [-0.3, -0.25) is 4.79 Å². The van der Waals surface area contributed by atoms with Gasteiger partial charge in [0.2, 0.25) is 5.91 Å². The Labute approximate surface area is 144 Å². The van der Waals surface area contributed by atoms with Crippen LogP contribution in [0, 0.1) is 0 Å². The number of anilines is 1. The Morgan fingerprint density at radius 2 is 1.72 bits per heavy atom. The van der Waals surface area contributed by atoms with Gasteiger partial charge in [0.25, 0.3) is 0 Å². The van der Waals surface area contributed by atoms with E-state index < -0.39 is 17.6 Å². The summed E-state index contributed by atoms with van der Waals surface area (Å²) in [6.45, 7) is 2.66. The number of benzene rings is 2. The zero-order chi connectivity index (χ0) is 18.3. The van der Waals surface area contributed by atoms with Gasteiger partial charge in [-0.05, 0) is 54.5 Å². The summed E-state index contributed by atoms with van der Waals surface area (Å²) in [4.78, 5) is 11.8. The number of halogens is 3. The lowest BCUT2D eigenvalue weighted by Crippen LogP contribution is -2.09.